The molecule has 1 aliphatic heterocycles. The zero-order chi connectivity index (χ0) is 5.98. The fourth-order valence-electron chi connectivity index (χ4n) is 0.811. The molecule has 3 heteroatoms. The van der Waals surface area contributed by atoms with Crippen LogP contribution in [0, 0.1) is 0 Å². The first-order chi connectivity index (χ1) is 3.83. The molecule has 1 N–H and O–H groups in total. The van der Waals surface area contributed by atoms with Gasteiger partial charge in [0.25, 0.3) is 0 Å². The number of hydrogen-bond donors (Lipinski definition) is 1. The normalized spacial score (nSPS) is 22.4. The van der Waals surface area contributed by atoms with Gasteiger partial charge in [-0.2, -0.15) is 0 Å². The summed E-state index contributed by atoms with van der Waals surface area (Å²) in [5.74, 6) is 0.235. The number of carbonyl (C=O) groups excluding carboxylic acids is 1. The Balaban J connectivity index is 2.32. The number of Topliss-reactive ketones (excluding diaryl/α,β-unsaturated/α-hetero) is 1. The molecule has 1 aliphatic rings. The third kappa shape index (κ3) is 1.05. The molecule has 0 aromatic rings. The van der Waals surface area contributed by atoms with Gasteiger partial charge in [0.2, 0.25) is 0 Å². The average molecular weight is 115 g/mol. The van der Waals surface area contributed by atoms with Gasteiger partial charge in [0, 0.05) is 13.0 Å². The summed E-state index contributed by atoms with van der Waals surface area (Å²) in [5.41, 5.74) is 0. The highest BCUT2D eigenvalue weighted by Crippen LogP contribution is 2.00. The van der Waals surface area contributed by atoms with Crippen LogP contribution in [0.1, 0.15) is 6.42 Å². The minimum Gasteiger partial charge on any atom is -0.381 e. The van der Waals surface area contributed by atoms with Gasteiger partial charge in [-0.15, -0.1) is 0 Å². The molecule has 0 atom stereocenters. The summed E-state index contributed by atoms with van der Waals surface area (Å²) in [6.07, 6.45) is 0.612. The lowest BCUT2D eigenvalue weighted by Gasteiger charge is -2.06. The monoisotopic (exact) mass is 115 g/mol. The number of rotatable bonds is 1. The highest BCUT2D eigenvalue weighted by Gasteiger charge is 2.16. The van der Waals surface area contributed by atoms with E-state index in [2.05, 4.69) is 0 Å². The lowest BCUT2D eigenvalue weighted by molar-refractivity contribution is -0.117. The van der Waals surface area contributed by atoms with Gasteiger partial charge in [0.05, 0.1) is 13.3 Å². The highest BCUT2D eigenvalue weighted by molar-refractivity contribution is 5.82. The Morgan fingerprint density at radius 3 is 2.75 bits per heavy atom. The van der Waals surface area contributed by atoms with E-state index in [1.807, 2.05) is 0 Å². The number of ketones is 1. The molecule has 0 bridgehead atoms. The molecule has 0 aromatic carbocycles. The third-order valence-electron chi connectivity index (χ3n) is 1.31. The second-order valence-electron chi connectivity index (χ2n) is 1.98. The van der Waals surface area contributed by atoms with Gasteiger partial charge in [0.1, 0.15) is 5.78 Å². The van der Waals surface area contributed by atoms with Gasteiger partial charge in [0.15, 0.2) is 0 Å². The number of carbonyl (C=O) groups is 1. The molecular formula is C5H9NO2. The van der Waals surface area contributed by atoms with E-state index >= 15 is 0 Å². The van der Waals surface area contributed by atoms with Gasteiger partial charge in [-0.05, 0) is 0 Å². The van der Waals surface area contributed by atoms with E-state index in [0.29, 0.717) is 13.0 Å². The van der Waals surface area contributed by atoms with Crippen molar-refractivity contribution >= 4 is 5.78 Å². The van der Waals surface area contributed by atoms with E-state index in [0.717, 1.165) is 6.54 Å². The van der Waals surface area contributed by atoms with Crippen molar-refractivity contribution in [2.24, 2.45) is 0 Å². The van der Waals surface area contributed by atoms with Crippen LogP contribution in [-0.4, -0.2) is 35.6 Å². The lowest BCUT2D eigenvalue weighted by Crippen LogP contribution is -2.21. The number of aliphatic hydroxyl groups is 1. The van der Waals surface area contributed by atoms with Crippen LogP contribution in [0.25, 0.3) is 0 Å². The molecule has 0 aromatic heterocycles. The Bertz CT molecular complexity index is 103. The summed E-state index contributed by atoms with van der Waals surface area (Å²) < 4.78 is 0. The second kappa shape index (κ2) is 2.24. The summed E-state index contributed by atoms with van der Waals surface area (Å²) >= 11 is 0. The molecule has 0 radical (unpaired) electrons. The van der Waals surface area contributed by atoms with Crippen molar-refractivity contribution in [3.63, 3.8) is 0 Å². The Kier molecular flexibility index (Phi) is 1.60. The average Bonchev–Trinajstić information content (AvgIpc) is 2.14. The van der Waals surface area contributed by atoms with E-state index in [1.54, 1.807) is 4.90 Å². The predicted octanol–water partition coefficient (Wildman–Crippen LogP) is -0.789. The van der Waals surface area contributed by atoms with Crippen LogP contribution < -0.4 is 0 Å². The van der Waals surface area contributed by atoms with Gasteiger partial charge in [-0.1, -0.05) is 0 Å². The highest BCUT2D eigenvalue weighted by atomic mass is 16.3. The van der Waals surface area contributed by atoms with Crippen LogP contribution in [0.5, 0.6) is 0 Å². The number of nitrogens with zero attached hydrogens (tertiary/aromatic N) is 1. The molecular weight excluding hydrogens is 106 g/mol. The summed E-state index contributed by atoms with van der Waals surface area (Å²) in [7, 11) is 0. The smallest absolute Gasteiger partial charge is 0.148 e. The SMILES string of the molecule is O=C1CCN(CO)C1. The van der Waals surface area contributed by atoms with Crippen molar-refractivity contribution in [1.29, 1.82) is 0 Å². The fraction of sp³-hybridized carbons (Fsp3) is 0.800. The van der Waals surface area contributed by atoms with E-state index in [1.165, 1.54) is 0 Å². The van der Waals surface area contributed by atoms with Crippen molar-refractivity contribution in [2.45, 2.75) is 6.42 Å². The Morgan fingerprint density at radius 2 is 2.50 bits per heavy atom. The molecule has 3 nitrogen and oxygen atoms in total. The van der Waals surface area contributed by atoms with Crippen LogP contribution in [-0.2, 0) is 4.79 Å². The zero-order valence-corrected chi connectivity index (χ0v) is 4.63. The van der Waals surface area contributed by atoms with E-state index < -0.39 is 0 Å². The molecule has 46 valence electrons. The molecule has 8 heavy (non-hydrogen) atoms. The molecule has 0 saturated carbocycles. The van der Waals surface area contributed by atoms with Crippen molar-refractivity contribution in [2.75, 3.05) is 19.8 Å². The molecule has 0 unspecified atom stereocenters. The number of likely N-dealkylation sites (tertiary alicyclic amines) is 1. The Labute approximate surface area is 47.9 Å². The summed E-state index contributed by atoms with van der Waals surface area (Å²) in [5, 5.41) is 8.46. The van der Waals surface area contributed by atoms with Crippen LogP contribution >= 0.6 is 0 Å². The molecule has 1 heterocycles. The third-order valence-corrected chi connectivity index (χ3v) is 1.31. The summed E-state index contributed by atoms with van der Waals surface area (Å²) in [4.78, 5) is 12.2. The van der Waals surface area contributed by atoms with Gasteiger partial charge in [-0.3, -0.25) is 9.69 Å². The van der Waals surface area contributed by atoms with Gasteiger partial charge in [-0.25, -0.2) is 0 Å². The van der Waals surface area contributed by atoms with E-state index in [4.69, 9.17) is 5.11 Å². The van der Waals surface area contributed by atoms with Gasteiger partial charge >= 0.3 is 0 Å². The quantitative estimate of drug-likeness (QED) is 0.487. The van der Waals surface area contributed by atoms with Gasteiger partial charge < -0.3 is 5.11 Å². The zero-order valence-electron chi connectivity index (χ0n) is 4.63. The minimum atomic E-state index is 0.0196. The molecule has 1 fully saturated rings. The Morgan fingerprint density at radius 1 is 1.75 bits per heavy atom. The maximum Gasteiger partial charge on any atom is 0.148 e. The first-order valence-electron chi connectivity index (χ1n) is 2.68. The lowest BCUT2D eigenvalue weighted by atomic mass is 10.4. The van der Waals surface area contributed by atoms with E-state index in [-0.39, 0.29) is 12.5 Å². The molecule has 1 rings (SSSR count). The minimum absolute atomic E-state index is 0.0196. The fourth-order valence-corrected chi connectivity index (χ4v) is 0.811. The standard InChI is InChI=1S/C5H9NO2/c7-4-6-2-1-5(8)3-6/h7H,1-4H2. The summed E-state index contributed by atoms with van der Waals surface area (Å²) in [6.45, 7) is 1.19. The van der Waals surface area contributed by atoms with Crippen molar-refractivity contribution < 1.29 is 9.90 Å². The summed E-state index contributed by atoms with van der Waals surface area (Å²) in [6, 6.07) is 0. The first-order valence-corrected chi connectivity index (χ1v) is 2.68. The number of hydrogen-bond acceptors (Lipinski definition) is 3. The van der Waals surface area contributed by atoms with Crippen LogP contribution in [0.4, 0.5) is 0 Å². The maximum absolute atomic E-state index is 10.5. The predicted molar refractivity (Wildman–Crippen MR) is 28.3 cm³/mol. The molecule has 0 spiro atoms. The van der Waals surface area contributed by atoms with E-state index in [9.17, 15) is 4.79 Å². The van der Waals surface area contributed by atoms with Crippen LogP contribution in [0.2, 0.25) is 0 Å². The maximum atomic E-state index is 10.5. The number of aliphatic hydroxyl groups excluding tert-OH is 1. The van der Waals surface area contributed by atoms with Crippen molar-refractivity contribution in [3.05, 3.63) is 0 Å². The largest absolute Gasteiger partial charge is 0.381 e. The van der Waals surface area contributed by atoms with Crippen LogP contribution in [0.15, 0.2) is 0 Å². The topological polar surface area (TPSA) is 40.5 Å². The molecule has 0 amide bonds. The van der Waals surface area contributed by atoms with Crippen LogP contribution in [0.3, 0.4) is 0 Å². The second-order valence-corrected chi connectivity index (χ2v) is 1.98. The molecule has 1 saturated heterocycles. The van der Waals surface area contributed by atoms with Crippen molar-refractivity contribution in [1.82, 2.24) is 4.90 Å². The first kappa shape index (κ1) is 5.72. The van der Waals surface area contributed by atoms with Crippen molar-refractivity contribution in [3.8, 4) is 0 Å². The Hall–Kier alpha value is -0.410. The molecule has 0 aliphatic carbocycles.